The van der Waals surface area contributed by atoms with Gasteiger partial charge in [0.1, 0.15) is 5.82 Å². The molecule has 6 heteroatoms. The van der Waals surface area contributed by atoms with Crippen molar-refractivity contribution in [3.8, 4) is 0 Å². The zero-order valence-corrected chi connectivity index (χ0v) is 12.7. The minimum Gasteiger partial charge on any atom is -0.302 e. The van der Waals surface area contributed by atoms with Crippen molar-refractivity contribution in [2.45, 2.75) is 50.6 Å². The molecule has 1 saturated carbocycles. The predicted molar refractivity (Wildman–Crippen MR) is 77.4 cm³/mol. The van der Waals surface area contributed by atoms with Crippen LogP contribution in [0.25, 0.3) is 5.52 Å². The molecule has 0 amide bonds. The van der Waals surface area contributed by atoms with Crippen LogP contribution >= 0.6 is 0 Å². The first kappa shape index (κ1) is 13.6. The quantitative estimate of drug-likeness (QED) is 0.940. The molecular weight excluding hydrogens is 274 g/mol. The number of rotatable bonds is 4. The lowest BCUT2D eigenvalue weighted by Crippen LogP contribution is -2.26. The van der Waals surface area contributed by atoms with E-state index in [-0.39, 0.29) is 17.0 Å². The molecule has 108 valence electrons. The summed E-state index contributed by atoms with van der Waals surface area (Å²) in [7, 11) is -3.54. The molecule has 1 N–H and O–H groups in total. The van der Waals surface area contributed by atoms with E-state index >= 15 is 0 Å². The van der Waals surface area contributed by atoms with Gasteiger partial charge >= 0.3 is 0 Å². The second-order valence-electron chi connectivity index (χ2n) is 5.78. The molecule has 1 aliphatic rings. The monoisotopic (exact) mass is 293 g/mol. The van der Waals surface area contributed by atoms with Crippen molar-refractivity contribution in [2.75, 3.05) is 0 Å². The third kappa shape index (κ3) is 2.33. The van der Waals surface area contributed by atoms with Gasteiger partial charge in [0.2, 0.25) is 0 Å². The normalized spacial score (nSPS) is 16.2. The molecule has 5 nitrogen and oxygen atoms in total. The average molecular weight is 293 g/mol. The molecule has 0 aromatic carbocycles. The molecule has 2 aromatic heterocycles. The van der Waals surface area contributed by atoms with Gasteiger partial charge < -0.3 is 4.40 Å². The predicted octanol–water partition coefficient (Wildman–Crippen LogP) is 2.21. The van der Waals surface area contributed by atoms with E-state index in [9.17, 15) is 8.42 Å². The summed E-state index contributed by atoms with van der Waals surface area (Å²) in [4.78, 5) is 4.39. The zero-order chi connectivity index (χ0) is 14.5. The van der Waals surface area contributed by atoms with Crippen LogP contribution in [0.5, 0.6) is 0 Å². The van der Waals surface area contributed by atoms with Crippen LogP contribution in [0, 0.1) is 6.92 Å². The Labute approximate surface area is 119 Å². The minimum absolute atomic E-state index is 0.0871. The fourth-order valence-corrected chi connectivity index (χ4v) is 3.70. The molecule has 1 fully saturated rings. The Bertz CT molecular complexity index is 758. The lowest BCUT2D eigenvalue weighted by molar-refractivity contribution is 0.578. The molecule has 0 atom stereocenters. The summed E-state index contributed by atoms with van der Waals surface area (Å²) in [5, 5.41) is 0.150. The first-order valence-electron chi connectivity index (χ1n) is 6.89. The second kappa shape index (κ2) is 4.56. The Kier molecular flexibility index (Phi) is 3.10. The van der Waals surface area contributed by atoms with Crippen molar-refractivity contribution in [2.24, 2.45) is 0 Å². The summed E-state index contributed by atoms with van der Waals surface area (Å²) in [5.74, 6) is 0.936. The first-order chi connectivity index (χ1) is 9.38. The lowest BCUT2D eigenvalue weighted by Gasteiger charge is -2.04. The number of nitrogens with one attached hydrogen (secondary N) is 1. The van der Waals surface area contributed by atoms with Crippen LogP contribution in [0.2, 0.25) is 0 Å². The van der Waals surface area contributed by atoms with E-state index in [0.717, 1.165) is 24.2 Å². The third-order valence-electron chi connectivity index (χ3n) is 3.46. The van der Waals surface area contributed by atoms with Crippen LogP contribution < -0.4 is 4.72 Å². The number of aromatic nitrogens is 2. The van der Waals surface area contributed by atoms with Crippen LogP contribution in [0.15, 0.2) is 23.4 Å². The van der Waals surface area contributed by atoms with Crippen molar-refractivity contribution in [3.05, 3.63) is 29.7 Å². The molecular formula is C14H19N3O2S. The largest absolute Gasteiger partial charge is 0.302 e. The van der Waals surface area contributed by atoms with Crippen LogP contribution in [0.3, 0.4) is 0 Å². The Hall–Kier alpha value is -1.40. The van der Waals surface area contributed by atoms with E-state index < -0.39 is 10.0 Å². The van der Waals surface area contributed by atoms with Crippen LogP contribution in [-0.2, 0) is 10.0 Å². The van der Waals surface area contributed by atoms with Gasteiger partial charge in [0, 0.05) is 18.2 Å². The zero-order valence-electron chi connectivity index (χ0n) is 11.9. The molecule has 2 heterocycles. The number of hydrogen-bond donors (Lipinski definition) is 1. The van der Waals surface area contributed by atoms with Gasteiger partial charge in [-0.2, -0.15) is 0 Å². The fourth-order valence-electron chi connectivity index (χ4n) is 2.27. The number of hydrogen-bond acceptors (Lipinski definition) is 3. The molecule has 0 aliphatic heterocycles. The van der Waals surface area contributed by atoms with E-state index in [4.69, 9.17) is 0 Å². The van der Waals surface area contributed by atoms with Crippen LogP contribution in [0.1, 0.15) is 44.0 Å². The van der Waals surface area contributed by atoms with Gasteiger partial charge in [-0.25, -0.2) is 18.1 Å². The average Bonchev–Trinajstić information content (AvgIpc) is 3.06. The van der Waals surface area contributed by atoms with E-state index in [1.54, 1.807) is 0 Å². The number of nitrogens with zero attached hydrogens (tertiary/aromatic N) is 2. The molecule has 3 rings (SSSR count). The topological polar surface area (TPSA) is 63.5 Å². The van der Waals surface area contributed by atoms with Crippen molar-refractivity contribution in [1.82, 2.24) is 14.1 Å². The second-order valence-corrected chi connectivity index (χ2v) is 7.41. The maximum absolute atomic E-state index is 12.5. The number of imidazole rings is 1. The highest BCUT2D eigenvalue weighted by atomic mass is 32.2. The third-order valence-corrected chi connectivity index (χ3v) is 4.92. The smallest absolute Gasteiger partial charge is 0.260 e. The summed E-state index contributed by atoms with van der Waals surface area (Å²) >= 11 is 0. The fraction of sp³-hybridized carbons (Fsp3) is 0.500. The van der Waals surface area contributed by atoms with E-state index in [1.165, 1.54) is 0 Å². The maximum atomic E-state index is 12.5. The summed E-state index contributed by atoms with van der Waals surface area (Å²) in [6.45, 7) is 5.98. The van der Waals surface area contributed by atoms with Crippen molar-refractivity contribution in [1.29, 1.82) is 0 Å². The number of fused-ring (bicyclic) bond motifs is 1. The Morgan fingerprint density at radius 3 is 2.70 bits per heavy atom. The number of aryl methyl sites for hydroxylation is 1. The van der Waals surface area contributed by atoms with E-state index in [1.807, 2.05) is 43.5 Å². The van der Waals surface area contributed by atoms with Crippen LogP contribution in [-0.4, -0.2) is 23.8 Å². The summed E-state index contributed by atoms with van der Waals surface area (Å²) < 4.78 is 29.5. The van der Waals surface area contributed by atoms with Gasteiger partial charge in [-0.15, -0.1) is 0 Å². The Balaban J connectivity index is 2.21. The molecule has 1 aliphatic carbocycles. The van der Waals surface area contributed by atoms with E-state index in [2.05, 4.69) is 9.71 Å². The van der Waals surface area contributed by atoms with Gasteiger partial charge in [-0.1, -0.05) is 13.8 Å². The Morgan fingerprint density at radius 1 is 1.40 bits per heavy atom. The highest BCUT2D eigenvalue weighted by Crippen LogP contribution is 2.26. The SMILES string of the molecule is Cc1ccn2c(C(C)C)nc(S(=O)(=O)NC3CC3)c2c1. The van der Waals surface area contributed by atoms with Crippen molar-refractivity contribution < 1.29 is 8.42 Å². The Morgan fingerprint density at radius 2 is 2.10 bits per heavy atom. The van der Waals surface area contributed by atoms with Crippen molar-refractivity contribution >= 4 is 15.5 Å². The molecule has 20 heavy (non-hydrogen) atoms. The summed E-state index contributed by atoms with van der Waals surface area (Å²) in [6.07, 6.45) is 3.73. The molecule has 0 radical (unpaired) electrons. The van der Waals surface area contributed by atoms with E-state index in [0.29, 0.717) is 5.52 Å². The number of pyridine rings is 1. The van der Waals surface area contributed by atoms with Gasteiger partial charge in [-0.05, 0) is 37.5 Å². The first-order valence-corrected chi connectivity index (χ1v) is 8.38. The highest BCUT2D eigenvalue weighted by Gasteiger charge is 2.31. The number of sulfonamides is 1. The standard InChI is InChI=1S/C14H19N3O2S/c1-9(2)13-15-14(20(18,19)16-11-4-5-11)12-8-10(3)6-7-17(12)13/h6-9,11,16H,4-5H2,1-3H3. The molecule has 0 bridgehead atoms. The molecule has 2 aromatic rings. The summed E-state index contributed by atoms with van der Waals surface area (Å²) in [5.41, 5.74) is 1.68. The minimum atomic E-state index is -3.54. The molecule has 0 unspecified atom stereocenters. The van der Waals surface area contributed by atoms with Crippen molar-refractivity contribution in [3.63, 3.8) is 0 Å². The highest BCUT2D eigenvalue weighted by molar-refractivity contribution is 7.89. The van der Waals surface area contributed by atoms with Gasteiger partial charge in [0.25, 0.3) is 10.0 Å². The van der Waals surface area contributed by atoms with Gasteiger partial charge in [0.05, 0.1) is 5.52 Å². The molecule has 0 spiro atoms. The van der Waals surface area contributed by atoms with Gasteiger partial charge in [-0.3, -0.25) is 0 Å². The van der Waals surface area contributed by atoms with Crippen LogP contribution in [0.4, 0.5) is 0 Å². The lowest BCUT2D eigenvalue weighted by atomic mass is 10.2. The van der Waals surface area contributed by atoms with Gasteiger partial charge in [0.15, 0.2) is 5.03 Å². The molecule has 0 saturated heterocycles. The summed E-state index contributed by atoms with van der Waals surface area (Å²) in [6, 6.07) is 3.93. The maximum Gasteiger partial charge on any atom is 0.260 e.